The van der Waals surface area contributed by atoms with Gasteiger partial charge in [-0.25, -0.2) is 0 Å². The van der Waals surface area contributed by atoms with Crippen molar-refractivity contribution in [1.82, 2.24) is 4.90 Å². The van der Waals surface area contributed by atoms with Crippen LogP contribution in [0.25, 0.3) is 6.08 Å². The SMILES string of the molecule is COc1cc(/C=C2/SC(=O)N(CC(=O)Nc3cccc(C)c3C)C2=O)cc(Br)c1OCc1ccccc1. The van der Waals surface area contributed by atoms with E-state index in [0.29, 0.717) is 33.8 Å². The van der Waals surface area contributed by atoms with Crippen molar-refractivity contribution < 1.29 is 23.9 Å². The van der Waals surface area contributed by atoms with E-state index >= 15 is 0 Å². The third-order valence-electron chi connectivity index (χ3n) is 5.83. The average Bonchev–Trinajstić information content (AvgIpc) is 3.13. The summed E-state index contributed by atoms with van der Waals surface area (Å²) in [5.74, 6) is 0.0376. The van der Waals surface area contributed by atoms with Crippen LogP contribution in [0.3, 0.4) is 0 Å². The molecule has 0 atom stereocenters. The number of hydrogen-bond donors (Lipinski definition) is 1. The number of imide groups is 1. The zero-order chi connectivity index (χ0) is 26.5. The molecular formula is C28H25BrN2O5S. The summed E-state index contributed by atoms with van der Waals surface area (Å²) in [7, 11) is 1.53. The first-order chi connectivity index (χ1) is 17.8. The molecule has 3 aromatic rings. The number of ether oxygens (including phenoxy) is 2. The quantitative estimate of drug-likeness (QED) is 0.313. The van der Waals surface area contributed by atoms with Gasteiger partial charge in [-0.15, -0.1) is 0 Å². The van der Waals surface area contributed by atoms with Gasteiger partial charge in [0.25, 0.3) is 11.1 Å². The standard InChI is InChI=1S/C28H25BrN2O5S/c1-17-8-7-11-22(18(17)2)30-25(32)15-31-27(33)24(37-28(31)34)14-20-12-21(29)26(23(13-20)35-3)36-16-19-9-5-4-6-10-19/h4-14H,15-16H2,1-3H3,(H,30,32)/b24-14+. The lowest BCUT2D eigenvalue weighted by molar-refractivity contribution is -0.127. The number of carbonyl (C=O) groups excluding carboxylic acids is 3. The molecule has 9 heteroatoms. The molecule has 7 nitrogen and oxygen atoms in total. The Balaban J connectivity index is 1.47. The largest absolute Gasteiger partial charge is 0.493 e. The molecule has 0 unspecified atom stereocenters. The van der Waals surface area contributed by atoms with E-state index in [1.165, 1.54) is 7.11 Å². The summed E-state index contributed by atoms with van der Waals surface area (Å²) in [6, 6.07) is 18.8. The van der Waals surface area contributed by atoms with Crippen LogP contribution in [0.2, 0.25) is 0 Å². The predicted molar refractivity (Wildman–Crippen MR) is 149 cm³/mol. The zero-order valence-corrected chi connectivity index (χ0v) is 22.9. The Morgan fingerprint density at radius 3 is 2.57 bits per heavy atom. The molecule has 37 heavy (non-hydrogen) atoms. The summed E-state index contributed by atoms with van der Waals surface area (Å²) >= 11 is 4.31. The van der Waals surface area contributed by atoms with Gasteiger partial charge in [0.05, 0.1) is 16.5 Å². The van der Waals surface area contributed by atoms with Gasteiger partial charge in [-0.2, -0.15) is 0 Å². The van der Waals surface area contributed by atoms with Crippen LogP contribution in [-0.4, -0.2) is 35.6 Å². The van der Waals surface area contributed by atoms with Gasteiger partial charge in [0.2, 0.25) is 5.91 Å². The number of anilines is 1. The second kappa shape index (κ2) is 11.7. The summed E-state index contributed by atoms with van der Waals surface area (Å²) in [5, 5.41) is 2.29. The van der Waals surface area contributed by atoms with E-state index in [1.54, 1.807) is 24.3 Å². The lowest BCUT2D eigenvalue weighted by Crippen LogP contribution is -2.36. The second-order valence-electron chi connectivity index (χ2n) is 8.37. The lowest BCUT2D eigenvalue weighted by atomic mass is 10.1. The Morgan fingerprint density at radius 2 is 1.84 bits per heavy atom. The summed E-state index contributed by atoms with van der Waals surface area (Å²) in [6.07, 6.45) is 1.60. The maximum Gasteiger partial charge on any atom is 0.294 e. The Kier molecular flexibility index (Phi) is 8.35. The highest BCUT2D eigenvalue weighted by atomic mass is 79.9. The number of carbonyl (C=O) groups is 3. The Labute approximate surface area is 228 Å². The normalized spacial score (nSPS) is 14.3. The van der Waals surface area contributed by atoms with Crippen LogP contribution in [0.5, 0.6) is 11.5 Å². The van der Waals surface area contributed by atoms with Crippen LogP contribution in [-0.2, 0) is 16.2 Å². The first kappa shape index (κ1) is 26.5. The predicted octanol–water partition coefficient (Wildman–Crippen LogP) is 6.33. The number of thioether (sulfide) groups is 1. The molecule has 1 heterocycles. The topological polar surface area (TPSA) is 84.9 Å². The highest BCUT2D eigenvalue weighted by Crippen LogP contribution is 2.39. The van der Waals surface area contributed by atoms with E-state index in [-0.39, 0.29) is 11.4 Å². The van der Waals surface area contributed by atoms with Gasteiger partial charge < -0.3 is 14.8 Å². The third-order valence-corrected chi connectivity index (χ3v) is 7.33. The minimum absolute atomic E-state index is 0.219. The van der Waals surface area contributed by atoms with E-state index in [9.17, 15) is 14.4 Å². The lowest BCUT2D eigenvalue weighted by Gasteiger charge is -2.14. The van der Waals surface area contributed by atoms with Gasteiger partial charge >= 0.3 is 0 Å². The van der Waals surface area contributed by atoms with Crippen LogP contribution in [0.4, 0.5) is 10.5 Å². The summed E-state index contributed by atoms with van der Waals surface area (Å²) in [6.45, 7) is 3.84. The van der Waals surface area contributed by atoms with E-state index in [0.717, 1.165) is 33.4 Å². The van der Waals surface area contributed by atoms with Crippen molar-refractivity contribution in [2.75, 3.05) is 19.0 Å². The number of halogens is 1. The van der Waals surface area contributed by atoms with Crippen molar-refractivity contribution >= 4 is 56.5 Å². The van der Waals surface area contributed by atoms with Crippen LogP contribution in [0.1, 0.15) is 22.3 Å². The van der Waals surface area contributed by atoms with Crippen molar-refractivity contribution in [3.63, 3.8) is 0 Å². The average molecular weight is 581 g/mol. The number of nitrogens with zero attached hydrogens (tertiary/aromatic N) is 1. The number of methoxy groups -OCH3 is 1. The van der Waals surface area contributed by atoms with Crippen molar-refractivity contribution in [2.24, 2.45) is 0 Å². The van der Waals surface area contributed by atoms with Gasteiger partial charge in [0.1, 0.15) is 13.2 Å². The minimum atomic E-state index is -0.523. The molecule has 0 spiro atoms. The first-order valence-electron chi connectivity index (χ1n) is 11.4. The number of rotatable bonds is 8. The maximum atomic E-state index is 13.0. The molecular weight excluding hydrogens is 556 g/mol. The van der Waals surface area contributed by atoms with Gasteiger partial charge in [-0.1, -0.05) is 42.5 Å². The number of aryl methyl sites for hydroxylation is 1. The van der Waals surface area contributed by atoms with Crippen LogP contribution < -0.4 is 14.8 Å². The monoisotopic (exact) mass is 580 g/mol. The molecule has 1 saturated heterocycles. The van der Waals surface area contributed by atoms with Crippen molar-refractivity contribution in [3.05, 3.63) is 92.3 Å². The molecule has 1 aliphatic heterocycles. The van der Waals surface area contributed by atoms with E-state index in [1.807, 2.05) is 56.3 Å². The molecule has 4 rings (SSSR count). The van der Waals surface area contributed by atoms with Crippen molar-refractivity contribution in [1.29, 1.82) is 0 Å². The fraction of sp³-hybridized carbons (Fsp3) is 0.179. The number of benzene rings is 3. The molecule has 0 radical (unpaired) electrons. The van der Waals surface area contributed by atoms with E-state index < -0.39 is 17.1 Å². The highest BCUT2D eigenvalue weighted by molar-refractivity contribution is 9.10. The van der Waals surface area contributed by atoms with Gasteiger partial charge in [0, 0.05) is 5.69 Å². The highest BCUT2D eigenvalue weighted by Gasteiger charge is 2.36. The Bertz CT molecular complexity index is 1390. The molecule has 1 N–H and O–H groups in total. The Hall–Kier alpha value is -3.56. The maximum absolute atomic E-state index is 13.0. The number of hydrogen-bond acceptors (Lipinski definition) is 6. The fourth-order valence-corrected chi connectivity index (χ4v) is 5.11. The molecule has 190 valence electrons. The smallest absolute Gasteiger partial charge is 0.294 e. The van der Waals surface area contributed by atoms with Crippen LogP contribution >= 0.6 is 27.7 Å². The molecule has 0 bridgehead atoms. The molecule has 0 aliphatic carbocycles. The minimum Gasteiger partial charge on any atom is -0.493 e. The number of nitrogens with one attached hydrogen (secondary N) is 1. The summed E-state index contributed by atoms with van der Waals surface area (Å²) in [5.41, 5.74) is 4.27. The van der Waals surface area contributed by atoms with E-state index in [2.05, 4.69) is 21.2 Å². The molecule has 0 aromatic heterocycles. The van der Waals surface area contributed by atoms with E-state index in [4.69, 9.17) is 9.47 Å². The van der Waals surface area contributed by atoms with Crippen LogP contribution in [0.15, 0.2) is 70.0 Å². The number of amides is 3. The van der Waals surface area contributed by atoms with Gasteiger partial charge in [-0.05, 0) is 88.1 Å². The van der Waals surface area contributed by atoms with Crippen molar-refractivity contribution in [3.8, 4) is 11.5 Å². The summed E-state index contributed by atoms with van der Waals surface area (Å²) in [4.78, 5) is 39.3. The first-order valence-corrected chi connectivity index (χ1v) is 13.0. The molecule has 0 saturated carbocycles. The van der Waals surface area contributed by atoms with Gasteiger partial charge in [0.15, 0.2) is 11.5 Å². The van der Waals surface area contributed by atoms with Crippen LogP contribution in [0, 0.1) is 13.8 Å². The summed E-state index contributed by atoms with van der Waals surface area (Å²) < 4.78 is 12.1. The molecule has 1 fully saturated rings. The molecule has 3 amide bonds. The molecule has 1 aliphatic rings. The third kappa shape index (κ3) is 6.23. The molecule has 3 aromatic carbocycles. The fourth-order valence-electron chi connectivity index (χ4n) is 3.70. The van der Waals surface area contributed by atoms with Crippen molar-refractivity contribution in [2.45, 2.75) is 20.5 Å². The van der Waals surface area contributed by atoms with Gasteiger partial charge in [-0.3, -0.25) is 19.3 Å². The zero-order valence-electron chi connectivity index (χ0n) is 20.5. The Morgan fingerprint density at radius 1 is 1.08 bits per heavy atom. The second-order valence-corrected chi connectivity index (χ2v) is 10.2.